The number of nitrogens with zero attached hydrogens (tertiary/aromatic N) is 4. The second-order valence-corrected chi connectivity index (χ2v) is 6.34. The predicted molar refractivity (Wildman–Crippen MR) is 106 cm³/mol. The Labute approximate surface area is 160 Å². The van der Waals surface area contributed by atoms with Crippen LogP contribution in [0.25, 0.3) is 16.9 Å². The Bertz CT molecular complexity index is 1120. The van der Waals surface area contributed by atoms with Gasteiger partial charge in [0.25, 0.3) is 5.95 Å². The van der Waals surface area contributed by atoms with Gasteiger partial charge in [-0.1, -0.05) is 11.6 Å². The maximum absolute atomic E-state index is 11.2. The van der Waals surface area contributed by atoms with E-state index in [0.29, 0.717) is 22.5 Å². The SMILES string of the molecule is CC(=O)Nc1ccc2nn(-c3nccc(Nc4ccc(Cl)cc4)n3)cc2c1. The highest BCUT2D eigenvalue weighted by atomic mass is 35.5. The first-order chi connectivity index (χ1) is 13.1. The Morgan fingerprint density at radius 1 is 1.07 bits per heavy atom. The van der Waals surface area contributed by atoms with Gasteiger partial charge in [0.05, 0.1) is 5.52 Å². The summed E-state index contributed by atoms with van der Waals surface area (Å²) in [5, 5.41) is 12.0. The number of hydrogen-bond acceptors (Lipinski definition) is 5. The van der Waals surface area contributed by atoms with E-state index in [4.69, 9.17) is 11.6 Å². The van der Waals surface area contributed by atoms with Gasteiger partial charge in [0.1, 0.15) is 5.82 Å². The molecular formula is C19H15ClN6O. The van der Waals surface area contributed by atoms with Crippen LogP contribution in [0.2, 0.25) is 5.02 Å². The van der Waals surface area contributed by atoms with Gasteiger partial charge in [0, 0.05) is 41.1 Å². The molecule has 0 fully saturated rings. The quantitative estimate of drug-likeness (QED) is 0.556. The van der Waals surface area contributed by atoms with Crippen molar-refractivity contribution in [3.8, 4) is 5.95 Å². The minimum Gasteiger partial charge on any atom is -0.340 e. The number of aromatic nitrogens is 4. The van der Waals surface area contributed by atoms with E-state index >= 15 is 0 Å². The molecule has 2 aromatic heterocycles. The zero-order valence-electron chi connectivity index (χ0n) is 14.3. The van der Waals surface area contributed by atoms with Crippen LogP contribution in [0.4, 0.5) is 17.2 Å². The van der Waals surface area contributed by atoms with E-state index in [2.05, 4.69) is 25.7 Å². The third-order valence-electron chi connectivity index (χ3n) is 3.79. The van der Waals surface area contributed by atoms with Gasteiger partial charge in [0.2, 0.25) is 5.91 Å². The van der Waals surface area contributed by atoms with Gasteiger partial charge < -0.3 is 10.6 Å². The number of nitrogens with one attached hydrogen (secondary N) is 2. The Morgan fingerprint density at radius 3 is 2.63 bits per heavy atom. The van der Waals surface area contributed by atoms with Crippen molar-refractivity contribution in [2.75, 3.05) is 10.6 Å². The molecule has 0 bridgehead atoms. The van der Waals surface area contributed by atoms with Crippen molar-refractivity contribution in [2.45, 2.75) is 6.92 Å². The molecule has 0 radical (unpaired) electrons. The number of rotatable bonds is 4. The maximum Gasteiger partial charge on any atom is 0.252 e. The lowest BCUT2D eigenvalue weighted by molar-refractivity contribution is -0.114. The summed E-state index contributed by atoms with van der Waals surface area (Å²) in [5.74, 6) is 0.957. The molecule has 27 heavy (non-hydrogen) atoms. The maximum atomic E-state index is 11.2. The van der Waals surface area contributed by atoms with Crippen LogP contribution < -0.4 is 10.6 Å². The Kier molecular flexibility index (Phi) is 4.43. The van der Waals surface area contributed by atoms with Crippen LogP contribution in [0.15, 0.2) is 60.9 Å². The van der Waals surface area contributed by atoms with Gasteiger partial charge in [-0.25, -0.2) is 9.67 Å². The molecule has 134 valence electrons. The molecule has 0 aliphatic heterocycles. The van der Waals surface area contributed by atoms with Crippen LogP contribution in [-0.4, -0.2) is 25.7 Å². The van der Waals surface area contributed by atoms with Gasteiger partial charge in [-0.15, -0.1) is 0 Å². The largest absolute Gasteiger partial charge is 0.340 e. The molecule has 1 amide bonds. The number of anilines is 3. The Hall–Kier alpha value is -3.45. The van der Waals surface area contributed by atoms with Crippen molar-refractivity contribution < 1.29 is 4.79 Å². The number of fused-ring (bicyclic) bond motifs is 1. The molecule has 0 spiro atoms. The predicted octanol–water partition coefficient (Wildman–Crippen LogP) is 4.17. The summed E-state index contributed by atoms with van der Waals surface area (Å²) in [5.41, 5.74) is 2.37. The summed E-state index contributed by atoms with van der Waals surface area (Å²) in [4.78, 5) is 20.0. The second kappa shape index (κ2) is 7.05. The topological polar surface area (TPSA) is 84.7 Å². The van der Waals surface area contributed by atoms with E-state index in [1.54, 1.807) is 35.1 Å². The van der Waals surface area contributed by atoms with Crippen LogP contribution in [0.1, 0.15) is 6.92 Å². The zero-order chi connectivity index (χ0) is 18.8. The van der Waals surface area contributed by atoms with Crippen molar-refractivity contribution in [3.05, 3.63) is 65.9 Å². The van der Waals surface area contributed by atoms with Crippen LogP contribution >= 0.6 is 11.6 Å². The fourth-order valence-electron chi connectivity index (χ4n) is 2.62. The van der Waals surface area contributed by atoms with E-state index in [-0.39, 0.29) is 5.91 Å². The Morgan fingerprint density at radius 2 is 1.85 bits per heavy atom. The average Bonchev–Trinajstić information content (AvgIpc) is 3.07. The van der Waals surface area contributed by atoms with Crippen LogP contribution in [0.3, 0.4) is 0 Å². The molecule has 0 atom stereocenters. The molecule has 4 rings (SSSR count). The van der Waals surface area contributed by atoms with E-state index in [0.717, 1.165) is 16.6 Å². The van der Waals surface area contributed by atoms with E-state index in [9.17, 15) is 4.79 Å². The normalized spacial score (nSPS) is 10.7. The molecule has 0 saturated heterocycles. The zero-order valence-corrected chi connectivity index (χ0v) is 15.1. The first-order valence-corrected chi connectivity index (χ1v) is 8.58. The number of carbonyl (C=O) groups excluding carboxylic acids is 1. The minimum atomic E-state index is -0.119. The highest BCUT2D eigenvalue weighted by Crippen LogP contribution is 2.21. The smallest absolute Gasteiger partial charge is 0.252 e. The van der Waals surface area contributed by atoms with Gasteiger partial charge in [-0.3, -0.25) is 4.79 Å². The third-order valence-corrected chi connectivity index (χ3v) is 4.04. The van der Waals surface area contributed by atoms with Crippen LogP contribution in [0.5, 0.6) is 0 Å². The van der Waals surface area contributed by atoms with Gasteiger partial charge in [-0.2, -0.15) is 10.1 Å². The molecule has 0 saturated carbocycles. The Balaban J connectivity index is 1.62. The van der Waals surface area contributed by atoms with Crippen LogP contribution in [-0.2, 0) is 4.79 Å². The monoisotopic (exact) mass is 378 g/mol. The minimum absolute atomic E-state index is 0.119. The van der Waals surface area contributed by atoms with Gasteiger partial charge >= 0.3 is 0 Å². The average molecular weight is 379 g/mol. The lowest BCUT2D eigenvalue weighted by Crippen LogP contribution is -2.05. The molecule has 2 N–H and O–H groups in total. The van der Waals surface area contributed by atoms with Crippen molar-refractivity contribution in [3.63, 3.8) is 0 Å². The van der Waals surface area contributed by atoms with E-state index < -0.39 is 0 Å². The van der Waals surface area contributed by atoms with Gasteiger partial charge in [-0.05, 0) is 48.5 Å². The molecule has 7 nitrogen and oxygen atoms in total. The molecule has 8 heteroatoms. The highest BCUT2D eigenvalue weighted by molar-refractivity contribution is 6.30. The fourth-order valence-corrected chi connectivity index (χ4v) is 2.74. The number of halogens is 1. The number of amides is 1. The first-order valence-electron chi connectivity index (χ1n) is 8.20. The lowest BCUT2D eigenvalue weighted by atomic mass is 10.2. The highest BCUT2D eigenvalue weighted by Gasteiger charge is 2.08. The molecule has 0 aliphatic rings. The van der Waals surface area contributed by atoms with E-state index in [1.807, 2.05) is 30.5 Å². The molecule has 0 unspecified atom stereocenters. The second-order valence-electron chi connectivity index (χ2n) is 5.90. The summed E-state index contributed by atoms with van der Waals surface area (Å²) < 4.78 is 1.61. The fraction of sp³-hybridized carbons (Fsp3) is 0.0526. The summed E-state index contributed by atoms with van der Waals surface area (Å²) in [6, 6.07) is 14.6. The van der Waals surface area contributed by atoms with Crippen molar-refractivity contribution in [1.82, 2.24) is 19.7 Å². The van der Waals surface area contributed by atoms with Gasteiger partial charge in [0.15, 0.2) is 0 Å². The molecular weight excluding hydrogens is 364 g/mol. The van der Waals surface area contributed by atoms with E-state index in [1.165, 1.54) is 6.92 Å². The van der Waals surface area contributed by atoms with Crippen molar-refractivity contribution >= 4 is 45.6 Å². The number of hydrogen-bond donors (Lipinski definition) is 2. The number of benzene rings is 2. The summed E-state index contributed by atoms with van der Waals surface area (Å²) in [6.45, 7) is 1.47. The lowest BCUT2D eigenvalue weighted by Gasteiger charge is -2.06. The first kappa shape index (κ1) is 17.0. The van der Waals surface area contributed by atoms with Crippen molar-refractivity contribution in [2.24, 2.45) is 0 Å². The molecule has 0 aliphatic carbocycles. The standard InChI is InChI=1S/C19H15ClN6O/c1-12(27)22-16-6-7-17-13(10-16)11-26(25-17)19-21-9-8-18(24-19)23-15-4-2-14(20)3-5-15/h2-11H,1H3,(H,22,27)(H,21,23,24). The van der Waals surface area contributed by atoms with Crippen molar-refractivity contribution in [1.29, 1.82) is 0 Å². The molecule has 4 aromatic rings. The van der Waals surface area contributed by atoms with Crippen LogP contribution in [0, 0.1) is 0 Å². The summed E-state index contributed by atoms with van der Waals surface area (Å²) >= 11 is 5.91. The summed E-state index contributed by atoms with van der Waals surface area (Å²) in [6.07, 6.45) is 3.48. The number of carbonyl (C=O) groups is 1. The molecule has 2 heterocycles. The third kappa shape index (κ3) is 3.88. The molecule has 2 aromatic carbocycles. The summed E-state index contributed by atoms with van der Waals surface area (Å²) in [7, 11) is 0.